The summed E-state index contributed by atoms with van der Waals surface area (Å²) in [4.78, 5) is 12.3. The fraction of sp³-hybridized carbons (Fsp3) is 0.472. The summed E-state index contributed by atoms with van der Waals surface area (Å²) < 4.78 is 30.6. The van der Waals surface area contributed by atoms with Crippen molar-refractivity contribution >= 4 is 5.78 Å². The first-order valence-corrected chi connectivity index (χ1v) is 14.6. The van der Waals surface area contributed by atoms with Crippen LogP contribution in [-0.4, -0.2) is 22.4 Å². The normalized spacial score (nSPS) is 31.7. The van der Waals surface area contributed by atoms with Crippen molar-refractivity contribution < 1.29 is 18.7 Å². The van der Waals surface area contributed by atoms with E-state index in [1.54, 1.807) is 5.92 Å². The van der Waals surface area contributed by atoms with Gasteiger partial charge >= 0.3 is 5.92 Å². The third-order valence-corrected chi connectivity index (χ3v) is 10.9. The molecule has 40 heavy (non-hydrogen) atoms. The van der Waals surface area contributed by atoms with Crippen LogP contribution in [0.25, 0.3) is 11.1 Å². The molecule has 0 aromatic heterocycles. The van der Waals surface area contributed by atoms with E-state index in [0.29, 0.717) is 25.7 Å². The molecular weight excluding hydrogens is 502 g/mol. The van der Waals surface area contributed by atoms with Gasteiger partial charge in [-0.3, -0.25) is 4.79 Å². The fourth-order valence-corrected chi connectivity index (χ4v) is 9.12. The molecule has 2 fully saturated rings. The van der Waals surface area contributed by atoms with Gasteiger partial charge in [0, 0.05) is 17.8 Å². The minimum atomic E-state index is -3.60. The Kier molecular flexibility index (Phi) is 6.28. The molecule has 4 heteroatoms. The number of fused-ring (bicyclic) bond motifs is 4. The standard InChI is InChI=1S/C36H38F2O2/c1-6-36(37,38)35(40)16-15-31-29-13-11-26-19-27(39)12-14-28(26)33(29)30(20-34(31,35)5)24-7-9-25(10-8-24)32-22(3)17-21(2)18-23(32)4/h1,7-10,17-19,29-31,40H,11-16,20H2,2-5H3/t29-,30+,31-,34-,35-/m0/s1. The quantitative estimate of drug-likeness (QED) is 0.399. The van der Waals surface area contributed by atoms with Crippen LogP contribution in [0.2, 0.25) is 0 Å². The number of carbonyl (C=O) groups is 1. The van der Waals surface area contributed by atoms with Gasteiger partial charge in [-0.25, -0.2) is 0 Å². The molecule has 6 rings (SSSR count). The molecule has 2 aromatic rings. The number of ketones is 1. The number of aliphatic hydroxyl groups is 1. The lowest BCUT2D eigenvalue weighted by molar-refractivity contribution is -0.209. The van der Waals surface area contributed by atoms with Crippen LogP contribution in [0.1, 0.15) is 80.0 Å². The van der Waals surface area contributed by atoms with Crippen molar-refractivity contribution in [1.29, 1.82) is 0 Å². The predicted molar refractivity (Wildman–Crippen MR) is 155 cm³/mol. The Morgan fingerprint density at radius 2 is 1.70 bits per heavy atom. The van der Waals surface area contributed by atoms with Gasteiger partial charge in [-0.15, -0.1) is 6.42 Å². The highest BCUT2D eigenvalue weighted by molar-refractivity contribution is 5.93. The summed E-state index contributed by atoms with van der Waals surface area (Å²) >= 11 is 0. The van der Waals surface area contributed by atoms with Crippen LogP contribution in [0.3, 0.4) is 0 Å². The lowest BCUT2D eigenvalue weighted by Crippen LogP contribution is -2.59. The van der Waals surface area contributed by atoms with Crippen molar-refractivity contribution in [3.63, 3.8) is 0 Å². The number of aryl methyl sites for hydroxylation is 3. The molecule has 208 valence electrons. The second kappa shape index (κ2) is 9.25. The van der Waals surface area contributed by atoms with Crippen LogP contribution in [-0.2, 0) is 4.79 Å². The van der Waals surface area contributed by atoms with Crippen LogP contribution in [0.5, 0.6) is 0 Å². The number of hydrogen-bond acceptors (Lipinski definition) is 2. The van der Waals surface area contributed by atoms with Crippen molar-refractivity contribution in [2.45, 2.75) is 90.1 Å². The number of benzene rings is 2. The topological polar surface area (TPSA) is 37.3 Å². The number of halogens is 2. The Labute approximate surface area is 236 Å². The molecule has 0 amide bonds. The molecule has 0 aliphatic heterocycles. The number of hydrogen-bond donors (Lipinski definition) is 1. The maximum absolute atomic E-state index is 15.3. The highest BCUT2D eigenvalue weighted by Crippen LogP contribution is 2.69. The van der Waals surface area contributed by atoms with Crippen molar-refractivity contribution in [3.05, 3.63) is 81.4 Å². The molecule has 4 aliphatic rings. The number of carbonyl (C=O) groups excluding carboxylic acids is 1. The summed E-state index contributed by atoms with van der Waals surface area (Å²) in [5.74, 6) is -1.88. The van der Waals surface area contributed by atoms with Crippen molar-refractivity contribution in [2.24, 2.45) is 17.3 Å². The fourth-order valence-electron chi connectivity index (χ4n) is 9.12. The van der Waals surface area contributed by atoms with Crippen LogP contribution >= 0.6 is 0 Å². The lowest BCUT2D eigenvalue weighted by Gasteiger charge is -2.55. The lowest BCUT2D eigenvalue weighted by atomic mass is 9.50. The zero-order chi connectivity index (χ0) is 28.6. The van der Waals surface area contributed by atoms with Gasteiger partial charge in [-0.1, -0.05) is 54.5 Å². The van der Waals surface area contributed by atoms with Gasteiger partial charge in [-0.05, 0) is 122 Å². The molecule has 0 heterocycles. The summed E-state index contributed by atoms with van der Waals surface area (Å²) in [6, 6.07) is 13.0. The second-order valence-corrected chi connectivity index (χ2v) is 13.0. The van der Waals surface area contributed by atoms with Crippen molar-refractivity contribution in [1.82, 2.24) is 0 Å². The maximum Gasteiger partial charge on any atom is 0.336 e. The van der Waals surface area contributed by atoms with Gasteiger partial charge in [0.15, 0.2) is 5.78 Å². The average molecular weight is 541 g/mol. The van der Waals surface area contributed by atoms with Gasteiger partial charge in [0.25, 0.3) is 0 Å². The Hall–Kier alpha value is -3.03. The Bertz CT molecular complexity index is 1480. The summed E-state index contributed by atoms with van der Waals surface area (Å²) in [6.07, 6.45) is 10.9. The summed E-state index contributed by atoms with van der Waals surface area (Å²) in [5, 5.41) is 11.7. The summed E-state index contributed by atoms with van der Waals surface area (Å²) in [5.41, 5.74) is 7.55. The second-order valence-electron chi connectivity index (χ2n) is 13.0. The van der Waals surface area contributed by atoms with Gasteiger partial charge in [-0.2, -0.15) is 8.78 Å². The van der Waals surface area contributed by atoms with E-state index in [0.717, 1.165) is 29.5 Å². The van der Waals surface area contributed by atoms with Gasteiger partial charge in [0.05, 0.1) is 0 Å². The third-order valence-electron chi connectivity index (χ3n) is 10.9. The minimum absolute atomic E-state index is 0.00327. The number of alkyl halides is 2. The van der Waals surface area contributed by atoms with E-state index in [2.05, 4.69) is 57.2 Å². The van der Waals surface area contributed by atoms with Crippen LogP contribution in [0, 0.1) is 50.4 Å². The molecule has 2 aromatic carbocycles. The number of rotatable bonds is 3. The van der Waals surface area contributed by atoms with E-state index < -0.39 is 16.9 Å². The van der Waals surface area contributed by atoms with E-state index in [-0.39, 0.29) is 30.0 Å². The van der Waals surface area contributed by atoms with Crippen LogP contribution < -0.4 is 0 Å². The maximum atomic E-state index is 15.3. The molecule has 1 N–H and O–H groups in total. The summed E-state index contributed by atoms with van der Waals surface area (Å²) in [7, 11) is 0. The molecule has 2 nitrogen and oxygen atoms in total. The number of allylic oxidation sites excluding steroid dienone is 4. The first kappa shape index (κ1) is 27.2. The zero-order valence-corrected chi connectivity index (χ0v) is 23.9. The van der Waals surface area contributed by atoms with Crippen LogP contribution in [0.4, 0.5) is 8.78 Å². The molecule has 5 atom stereocenters. The van der Waals surface area contributed by atoms with E-state index in [1.807, 2.05) is 13.0 Å². The SMILES string of the molecule is C#CC(F)(F)[C@]1(O)CC[C@H]2[C@@H]3CCC4=CC(=O)CCC4=C3[C@@H](c3ccc(-c4c(C)cc(C)cc4C)cc3)C[C@@]21C. The first-order chi connectivity index (χ1) is 18.9. The monoisotopic (exact) mass is 540 g/mol. The molecule has 0 saturated heterocycles. The van der Waals surface area contributed by atoms with Crippen molar-refractivity contribution in [2.75, 3.05) is 0 Å². The van der Waals surface area contributed by atoms with Gasteiger partial charge in [0.1, 0.15) is 5.60 Å². The molecule has 4 aliphatic carbocycles. The van der Waals surface area contributed by atoms with Crippen molar-refractivity contribution in [3.8, 4) is 23.5 Å². The Morgan fingerprint density at radius 3 is 2.35 bits per heavy atom. The third kappa shape index (κ3) is 3.81. The Balaban J connectivity index is 1.49. The predicted octanol–water partition coefficient (Wildman–Crippen LogP) is 8.18. The molecule has 0 radical (unpaired) electrons. The minimum Gasteiger partial charge on any atom is -0.382 e. The molecular formula is C36H38F2O2. The Morgan fingerprint density at radius 1 is 1.02 bits per heavy atom. The van der Waals surface area contributed by atoms with Crippen LogP contribution in [0.15, 0.2) is 59.2 Å². The molecule has 0 unspecified atom stereocenters. The highest BCUT2D eigenvalue weighted by Gasteiger charge is 2.71. The van der Waals surface area contributed by atoms with E-state index in [4.69, 9.17) is 6.42 Å². The molecule has 0 bridgehead atoms. The van der Waals surface area contributed by atoms with E-state index in [9.17, 15) is 9.90 Å². The van der Waals surface area contributed by atoms with Gasteiger partial charge in [0.2, 0.25) is 0 Å². The average Bonchev–Trinajstić information content (AvgIpc) is 3.19. The smallest absolute Gasteiger partial charge is 0.336 e. The highest BCUT2D eigenvalue weighted by atomic mass is 19.3. The largest absolute Gasteiger partial charge is 0.382 e. The zero-order valence-electron chi connectivity index (χ0n) is 23.9. The molecule has 2 saturated carbocycles. The van der Waals surface area contributed by atoms with E-state index >= 15 is 8.78 Å². The molecule has 0 spiro atoms. The number of terminal acetylenes is 1. The first-order valence-electron chi connectivity index (χ1n) is 14.6. The van der Waals surface area contributed by atoms with E-state index in [1.165, 1.54) is 33.4 Å². The summed E-state index contributed by atoms with van der Waals surface area (Å²) in [6.45, 7) is 8.23. The van der Waals surface area contributed by atoms with Gasteiger partial charge < -0.3 is 5.11 Å².